The van der Waals surface area contributed by atoms with E-state index in [1.165, 1.54) is 10.7 Å². The zero-order chi connectivity index (χ0) is 22.4. The number of aliphatic hydroxyl groups excluding tert-OH is 2. The molecule has 0 aliphatic carbocycles. The Hall–Kier alpha value is -2.59. The van der Waals surface area contributed by atoms with E-state index >= 15 is 0 Å². The molecule has 1 unspecified atom stereocenters. The van der Waals surface area contributed by atoms with Gasteiger partial charge in [-0.2, -0.15) is 15.1 Å². The van der Waals surface area contributed by atoms with Crippen molar-refractivity contribution in [3.05, 3.63) is 59.3 Å². The van der Waals surface area contributed by atoms with E-state index in [1.54, 1.807) is 18.3 Å². The lowest BCUT2D eigenvalue weighted by Gasteiger charge is -2.37. The summed E-state index contributed by atoms with van der Waals surface area (Å²) < 4.78 is 21.8. The maximum absolute atomic E-state index is 14.6. The molecule has 4 heterocycles. The number of rotatable bonds is 4. The third kappa shape index (κ3) is 3.45. The van der Waals surface area contributed by atoms with Gasteiger partial charge in [0, 0.05) is 12.1 Å². The summed E-state index contributed by atoms with van der Waals surface area (Å²) in [5, 5.41) is 25.1. The van der Waals surface area contributed by atoms with Gasteiger partial charge in [-0.3, -0.25) is 0 Å². The Balaban J connectivity index is 1.59. The van der Waals surface area contributed by atoms with E-state index in [1.807, 2.05) is 11.0 Å². The number of halogens is 2. The second kappa shape index (κ2) is 8.40. The molecule has 10 heteroatoms. The quantitative estimate of drug-likeness (QED) is 0.457. The van der Waals surface area contributed by atoms with Crippen molar-refractivity contribution in [1.82, 2.24) is 19.7 Å². The van der Waals surface area contributed by atoms with Crippen molar-refractivity contribution in [2.75, 3.05) is 18.1 Å². The second-order valence-electron chi connectivity index (χ2n) is 8.09. The van der Waals surface area contributed by atoms with Crippen LogP contribution in [0, 0.1) is 5.82 Å². The second-order valence-corrected chi connectivity index (χ2v) is 8.42. The van der Waals surface area contributed by atoms with E-state index in [0.717, 1.165) is 19.3 Å². The van der Waals surface area contributed by atoms with E-state index < -0.39 is 18.4 Å². The molecule has 2 N–H and O–H groups in total. The Kier molecular flexibility index (Phi) is 5.58. The highest BCUT2D eigenvalue weighted by atomic mass is 35.5. The molecule has 0 spiro atoms. The first-order valence-electron chi connectivity index (χ1n) is 10.5. The van der Waals surface area contributed by atoms with Crippen LogP contribution in [0.25, 0.3) is 11.0 Å². The van der Waals surface area contributed by atoms with Gasteiger partial charge in [0.15, 0.2) is 11.9 Å². The average Bonchev–Trinajstić information content (AvgIpc) is 3.34. The van der Waals surface area contributed by atoms with Crippen LogP contribution in [0.2, 0.25) is 5.28 Å². The molecule has 0 amide bonds. The van der Waals surface area contributed by atoms with Crippen molar-refractivity contribution in [3.63, 3.8) is 0 Å². The minimum absolute atomic E-state index is 0.0112. The van der Waals surface area contributed by atoms with E-state index in [0.29, 0.717) is 34.5 Å². The van der Waals surface area contributed by atoms with Gasteiger partial charge < -0.3 is 19.8 Å². The van der Waals surface area contributed by atoms with Crippen molar-refractivity contribution in [2.24, 2.45) is 0 Å². The Labute approximate surface area is 188 Å². The first-order chi connectivity index (χ1) is 15.5. The Morgan fingerprint density at radius 1 is 1.25 bits per heavy atom. The van der Waals surface area contributed by atoms with Gasteiger partial charge in [0.05, 0.1) is 24.2 Å². The lowest BCUT2D eigenvalue weighted by molar-refractivity contribution is -0.0545. The molecule has 2 aliphatic rings. The van der Waals surface area contributed by atoms with Crippen LogP contribution in [0.3, 0.4) is 0 Å². The van der Waals surface area contributed by atoms with Gasteiger partial charge in [-0.15, -0.1) is 0 Å². The molecule has 5 rings (SSSR count). The molecular weight excluding hydrogens is 437 g/mol. The summed E-state index contributed by atoms with van der Waals surface area (Å²) in [6, 6.07) is 6.57. The summed E-state index contributed by atoms with van der Waals surface area (Å²) in [6.07, 6.45) is 1.63. The van der Waals surface area contributed by atoms with Crippen LogP contribution in [0.1, 0.15) is 37.1 Å². The van der Waals surface area contributed by atoms with Crippen molar-refractivity contribution >= 4 is 28.5 Å². The molecular formula is C22H23ClFN5O3. The number of benzene rings is 1. The fourth-order valence-electron chi connectivity index (χ4n) is 4.60. The lowest BCUT2D eigenvalue weighted by Crippen LogP contribution is -2.34. The molecule has 2 aliphatic heterocycles. The van der Waals surface area contributed by atoms with Crippen LogP contribution in [0.5, 0.6) is 0 Å². The van der Waals surface area contributed by atoms with Crippen molar-refractivity contribution in [3.8, 4) is 0 Å². The first-order valence-corrected chi connectivity index (χ1v) is 10.9. The highest BCUT2D eigenvalue weighted by molar-refractivity contribution is 6.28. The monoisotopic (exact) mass is 459 g/mol. The molecule has 2 fully saturated rings. The van der Waals surface area contributed by atoms with Crippen LogP contribution in [0.4, 0.5) is 10.2 Å². The standard InChI is InChI=1S/C22H23ClFN5O3/c1-12-17(11-30)32-21(18(12)31)29-20-14(10-25-29)19(26-22(23)27-20)28-9-5-4-8-16(28)13-6-2-3-7-15(13)24/h2-3,6-7,10,16-18,21,30-31H,1,4-5,8-9,11H2/t16?,17-,18-,21-/m1/s1. The number of nitrogens with zero attached hydrogens (tertiary/aromatic N) is 5. The molecule has 168 valence electrons. The zero-order valence-corrected chi connectivity index (χ0v) is 18.0. The summed E-state index contributed by atoms with van der Waals surface area (Å²) in [5.41, 5.74) is 1.37. The fraction of sp³-hybridized carbons (Fsp3) is 0.409. The summed E-state index contributed by atoms with van der Waals surface area (Å²) >= 11 is 6.30. The van der Waals surface area contributed by atoms with Gasteiger partial charge in [0.1, 0.15) is 23.8 Å². The van der Waals surface area contributed by atoms with E-state index in [-0.39, 0.29) is 23.7 Å². The molecule has 2 saturated heterocycles. The SMILES string of the molecule is C=C1[C@@H](O)[C@H](n2ncc3c(N4CCCCC4c4ccccc4F)nc(Cl)nc32)O[C@@H]1CO. The normalized spacial score (nSPS) is 26.2. The molecule has 3 aromatic rings. The lowest BCUT2D eigenvalue weighted by atomic mass is 9.94. The largest absolute Gasteiger partial charge is 0.393 e. The third-order valence-corrected chi connectivity index (χ3v) is 6.39. The average molecular weight is 460 g/mol. The van der Waals surface area contributed by atoms with Gasteiger partial charge in [-0.05, 0) is 42.5 Å². The molecule has 2 aromatic heterocycles. The number of aliphatic hydroxyl groups is 2. The predicted molar refractivity (Wildman–Crippen MR) is 117 cm³/mol. The summed E-state index contributed by atoms with van der Waals surface area (Å²) in [5.74, 6) is 0.303. The van der Waals surface area contributed by atoms with Gasteiger partial charge in [-0.1, -0.05) is 24.8 Å². The fourth-order valence-corrected chi connectivity index (χ4v) is 4.76. The zero-order valence-electron chi connectivity index (χ0n) is 17.2. The van der Waals surface area contributed by atoms with E-state index in [9.17, 15) is 14.6 Å². The number of anilines is 1. The van der Waals surface area contributed by atoms with Crippen LogP contribution in [-0.2, 0) is 4.74 Å². The van der Waals surface area contributed by atoms with E-state index in [4.69, 9.17) is 16.3 Å². The number of aromatic nitrogens is 4. The molecule has 0 bridgehead atoms. The molecule has 32 heavy (non-hydrogen) atoms. The highest BCUT2D eigenvalue weighted by Gasteiger charge is 2.40. The number of ether oxygens (including phenoxy) is 1. The third-order valence-electron chi connectivity index (χ3n) is 6.22. The van der Waals surface area contributed by atoms with E-state index in [2.05, 4.69) is 21.6 Å². The maximum atomic E-state index is 14.6. The number of hydrogen-bond acceptors (Lipinski definition) is 7. The predicted octanol–water partition coefficient (Wildman–Crippen LogP) is 3.16. The highest BCUT2D eigenvalue weighted by Crippen LogP contribution is 2.40. The van der Waals surface area contributed by atoms with Crippen molar-refractivity contribution in [2.45, 2.75) is 43.7 Å². The summed E-state index contributed by atoms with van der Waals surface area (Å²) in [6.45, 7) is 4.19. The molecule has 0 saturated carbocycles. The van der Waals surface area contributed by atoms with Gasteiger partial charge >= 0.3 is 0 Å². The number of piperidine rings is 1. The minimum atomic E-state index is -1.06. The van der Waals surface area contributed by atoms with Gasteiger partial charge in [-0.25, -0.2) is 9.07 Å². The summed E-state index contributed by atoms with van der Waals surface area (Å²) in [7, 11) is 0. The Morgan fingerprint density at radius 2 is 2.06 bits per heavy atom. The van der Waals surface area contributed by atoms with Crippen LogP contribution in [0.15, 0.2) is 42.6 Å². The molecule has 4 atom stereocenters. The Bertz CT molecular complexity index is 1170. The summed E-state index contributed by atoms with van der Waals surface area (Å²) in [4.78, 5) is 10.9. The van der Waals surface area contributed by atoms with Crippen LogP contribution >= 0.6 is 11.6 Å². The Morgan fingerprint density at radius 3 is 2.81 bits per heavy atom. The van der Waals surface area contributed by atoms with Crippen LogP contribution in [-0.4, -0.2) is 55.3 Å². The topological polar surface area (TPSA) is 96.5 Å². The molecule has 8 nitrogen and oxygen atoms in total. The molecule has 0 radical (unpaired) electrons. The number of hydrogen-bond donors (Lipinski definition) is 2. The molecule has 1 aromatic carbocycles. The first kappa shape index (κ1) is 21.3. The van der Waals surface area contributed by atoms with Crippen molar-refractivity contribution in [1.29, 1.82) is 0 Å². The minimum Gasteiger partial charge on any atom is -0.393 e. The number of fused-ring (bicyclic) bond motifs is 1. The van der Waals surface area contributed by atoms with Crippen molar-refractivity contribution < 1.29 is 19.3 Å². The smallest absolute Gasteiger partial charge is 0.226 e. The van der Waals surface area contributed by atoms with Gasteiger partial charge in [0.25, 0.3) is 0 Å². The maximum Gasteiger partial charge on any atom is 0.226 e. The van der Waals surface area contributed by atoms with Gasteiger partial charge in [0.2, 0.25) is 5.28 Å². The van der Waals surface area contributed by atoms with Crippen LogP contribution < -0.4 is 4.90 Å².